The van der Waals surface area contributed by atoms with Gasteiger partial charge in [-0.15, -0.1) is 5.10 Å². The van der Waals surface area contributed by atoms with E-state index in [4.69, 9.17) is 9.47 Å². The van der Waals surface area contributed by atoms with Gasteiger partial charge in [0.25, 0.3) is 0 Å². The number of hydrogen-bond acceptors (Lipinski definition) is 6. The molecule has 0 amide bonds. The molecule has 6 nitrogen and oxygen atoms in total. The topological polar surface area (TPSA) is 59.5 Å². The third-order valence-electron chi connectivity index (χ3n) is 5.46. The molecule has 5 rings (SSSR count). The van der Waals surface area contributed by atoms with Crippen molar-refractivity contribution in [2.24, 2.45) is 5.92 Å². The summed E-state index contributed by atoms with van der Waals surface area (Å²) in [6, 6.07) is 8.43. The molecule has 1 N–H and O–H groups in total. The van der Waals surface area contributed by atoms with Gasteiger partial charge in [-0.1, -0.05) is 6.07 Å². The maximum Gasteiger partial charge on any atom is 0.161 e. The fourth-order valence-corrected chi connectivity index (χ4v) is 3.98. The molecule has 0 bridgehead atoms. The molecule has 2 aliphatic heterocycles. The predicted octanol–water partition coefficient (Wildman–Crippen LogP) is 1.96. The van der Waals surface area contributed by atoms with Crippen LogP contribution in [0.15, 0.2) is 24.3 Å². The van der Waals surface area contributed by atoms with E-state index in [0.29, 0.717) is 19.1 Å². The van der Waals surface area contributed by atoms with Gasteiger partial charge in [0.15, 0.2) is 17.3 Å². The number of benzene rings is 1. The van der Waals surface area contributed by atoms with Crippen LogP contribution in [0.3, 0.4) is 0 Å². The number of aryl methyl sites for hydroxylation is 2. The normalized spacial score (nSPS) is 18.5. The van der Waals surface area contributed by atoms with E-state index in [1.165, 1.54) is 23.2 Å². The van der Waals surface area contributed by atoms with Gasteiger partial charge in [0.2, 0.25) is 0 Å². The molecule has 3 aliphatic rings. The van der Waals surface area contributed by atoms with Crippen LogP contribution < -0.4 is 19.7 Å². The van der Waals surface area contributed by atoms with E-state index in [1.807, 2.05) is 6.07 Å². The summed E-state index contributed by atoms with van der Waals surface area (Å²) in [4.78, 5) is 2.34. The van der Waals surface area contributed by atoms with Crippen molar-refractivity contribution in [1.82, 2.24) is 15.5 Å². The molecule has 26 heavy (non-hydrogen) atoms. The number of nitrogens with zero attached hydrogens (tertiary/aromatic N) is 3. The second kappa shape index (κ2) is 6.76. The number of fused-ring (bicyclic) bond motifs is 2. The lowest BCUT2D eigenvalue weighted by molar-refractivity contribution is 0.171. The monoisotopic (exact) mass is 352 g/mol. The number of aromatic nitrogens is 2. The van der Waals surface area contributed by atoms with Crippen LogP contribution >= 0.6 is 0 Å². The van der Waals surface area contributed by atoms with Crippen molar-refractivity contribution in [3.8, 4) is 11.5 Å². The van der Waals surface area contributed by atoms with Gasteiger partial charge in [0.05, 0.1) is 5.69 Å². The first-order valence-electron chi connectivity index (χ1n) is 9.55. The average molecular weight is 352 g/mol. The van der Waals surface area contributed by atoms with Gasteiger partial charge >= 0.3 is 0 Å². The van der Waals surface area contributed by atoms with Crippen LogP contribution in [0.4, 0.5) is 5.82 Å². The van der Waals surface area contributed by atoms with Crippen molar-refractivity contribution in [1.29, 1.82) is 0 Å². The molecule has 1 aliphatic carbocycles. The summed E-state index contributed by atoms with van der Waals surface area (Å²) in [5, 5.41) is 12.4. The molecule has 1 aromatic heterocycles. The number of rotatable bonds is 5. The molecule has 1 fully saturated rings. The highest BCUT2D eigenvalue weighted by atomic mass is 16.6. The SMILES string of the molecule is c1cc2c(cc1CNCC1CN(c3cc4c(nn3)CCC4)C1)OCCO2. The predicted molar refractivity (Wildman–Crippen MR) is 98.9 cm³/mol. The first-order valence-corrected chi connectivity index (χ1v) is 9.55. The third kappa shape index (κ3) is 3.09. The molecule has 0 saturated carbocycles. The standard InChI is InChI=1S/C20H24N4O2/c1-2-16-9-20(23-22-17(16)3-1)24-12-15(13-24)11-21-10-14-4-5-18-19(8-14)26-7-6-25-18/h4-5,8-9,15,21H,1-3,6-7,10-13H2. The van der Waals surface area contributed by atoms with Crippen LogP contribution in [-0.2, 0) is 19.4 Å². The molecule has 136 valence electrons. The Labute approximate surface area is 153 Å². The summed E-state index contributed by atoms with van der Waals surface area (Å²) in [7, 11) is 0. The largest absolute Gasteiger partial charge is 0.486 e. The number of hydrogen-bond donors (Lipinski definition) is 1. The molecule has 1 aromatic carbocycles. The number of nitrogens with one attached hydrogen (secondary N) is 1. The third-order valence-corrected chi connectivity index (χ3v) is 5.46. The first-order chi connectivity index (χ1) is 12.8. The summed E-state index contributed by atoms with van der Waals surface area (Å²) >= 11 is 0. The van der Waals surface area contributed by atoms with E-state index >= 15 is 0 Å². The molecule has 0 atom stereocenters. The Kier molecular flexibility index (Phi) is 4.13. The quantitative estimate of drug-likeness (QED) is 0.888. The Balaban J connectivity index is 1.09. The molecular formula is C20H24N4O2. The molecule has 6 heteroatoms. The second-order valence-electron chi connectivity index (χ2n) is 7.41. The van der Waals surface area contributed by atoms with E-state index in [2.05, 4.69) is 38.6 Å². The molecule has 1 saturated heterocycles. The van der Waals surface area contributed by atoms with Crippen molar-refractivity contribution in [2.45, 2.75) is 25.8 Å². The molecule has 0 spiro atoms. The van der Waals surface area contributed by atoms with E-state index in [-0.39, 0.29) is 0 Å². The summed E-state index contributed by atoms with van der Waals surface area (Å²) in [5.74, 6) is 3.43. The number of anilines is 1. The van der Waals surface area contributed by atoms with Crippen molar-refractivity contribution in [2.75, 3.05) is 37.7 Å². The zero-order chi connectivity index (χ0) is 17.3. The fourth-order valence-electron chi connectivity index (χ4n) is 3.98. The van der Waals surface area contributed by atoms with Crippen molar-refractivity contribution in [3.05, 3.63) is 41.1 Å². The second-order valence-corrected chi connectivity index (χ2v) is 7.41. The smallest absolute Gasteiger partial charge is 0.161 e. The Morgan fingerprint density at radius 3 is 2.85 bits per heavy atom. The number of ether oxygens (including phenoxy) is 2. The van der Waals surface area contributed by atoms with Crippen molar-refractivity contribution >= 4 is 5.82 Å². The lowest BCUT2D eigenvalue weighted by Gasteiger charge is -2.40. The van der Waals surface area contributed by atoms with Gasteiger partial charge in [-0.2, -0.15) is 5.10 Å². The van der Waals surface area contributed by atoms with Crippen molar-refractivity contribution in [3.63, 3.8) is 0 Å². The summed E-state index contributed by atoms with van der Waals surface area (Å²) in [5.41, 5.74) is 3.83. The van der Waals surface area contributed by atoms with Gasteiger partial charge in [0, 0.05) is 32.1 Å². The van der Waals surface area contributed by atoms with Gasteiger partial charge in [-0.3, -0.25) is 0 Å². The van der Waals surface area contributed by atoms with Crippen molar-refractivity contribution < 1.29 is 9.47 Å². The molecule has 2 aromatic rings. The highest BCUT2D eigenvalue weighted by Crippen LogP contribution is 2.31. The molecule has 0 unspecified atom stereocenters. The van der Waals surface area contributed by atoms with E-state index in [0.717, 1.165) is 56.3 Å². The summed E-state index contributed by atoms with van der Waals surface area (Å²) in [6.45, 7) is 5.25. The molecular weight excluding hydrogens is 328 g/mol. The summed E-state index contributed by atoms with van der Waals surface area (Å²) < 4.78 is 11.2. The fraction of sp³-hybridized carbons (Fsp3) is 0.500. The lowest BCUT2D eigenvalue weighted by Crippen LogP contribution is -2.51. The minimum atomic E-state index is 0.632. The summed E-state index contributed by atoms with van der Waals surface area (Å²) in [6.07, 6.45) is 3.47. The Morgan fingerprint density at radius 1 is 1.04 bits per heavy atom. The van der Waals surface area contributed by atoms with Crippen LogP contribution in [0.25, 0.3) is 0 Å². The van der Waals surface area contributed by atoms with E-state index in [9.17, 15) is 0 Å². The van der Waals surface area contributed by atoms with E-state index < -0.39 is 0 Å². The van der Waals surface area contributed by atoms with E-state index in [1.54, 1.807) is 0 Å². The Hall–Kier alpha value is -2.34. The maximum atomic E-state index is 5.65. The first kappa shape index (κ1) is 15.9. The van der Waals surface area contributed by atoms with Gasteiger partial charge < -0.3 is 19.7 Å². The highest BCUT2D eigenvalue weighted by molar-refractivity contribution is 5.45. The van der Waals surface area contributed by atoms with Crippen LogP contribution in [0.5, 0.6) is 11.5 Å². The minimum absolute atomic E-state index is 0.632. The Morgan fingerprint density at radius 2 is 1.92 bits per heavy atom. The lowest BCUT2D eigenvalue weighted by atomic mass is 10.00. The van der Waals surface area contributed by atoms with Crippen LogP contribution in [0.2, 0.25) is 0 Å². The zero-order valence-electron chi connectivity index (χ0n) is 14.9. The van der Waals surface area contributed by atoms with Gasteiger partial charge in [-0.05, 0) is 48.6 Å². The maximum absolute atomic E-state index is 5.65. The zero-order valence-corrected chi connectivity index (χ0v) is 14.9. The Bertz CT molecular complexity index is 804. The average Bonchev–Trinajstić information content (AvgIpc) is 3.11. The minimum Gasteiger partial charge on any atom is -0.486 e. The van der Waals surface area contributed by atoms with Crippen LogP contribution in [0.1, 0.15) is 23.2 Å². The van der Waals surface area contributed by atoms with Gasteiger partial charge in [0.1, 0.15) is 13.2 Å². The van der Waals surface area contributed by atoms with Crippen LogP contribution in [-0.4, -0.2) is 43.0 Å². The van der Waals surface area contributed by atoms with Gasteiger partial charge in [-0.25, -0.2) is 0 Å². The molecule has 3 heterocycles. The highest BCUT2D eigenvalue weighted by Gasteiger charge is 2.28. The molecule has 0 radical (unpaired) electrons. The van der Waals surface area contributed by atoms with Crippen LogP contribution in [0, 0.1) is 5.92 Å².